The average Bonchev–Trinajstić information content (AvgIpc) is 3.22. The second-order valence-electron chi connectivity index (χ2n) is 6.33. The van der Waals surface area contributed by atoms with Crippen LogP contribution in [0.5, 0.6) is 0 Å². The summed E-state index contributed by atoms with van der Waals surface area (Å²) in [6, 6.07) is 8.36. The third-order valence-electron chi connectivity index (χ3n) is 4.46. The molecule has 128 valence electrons. The molecule has 24 heavy (non-hydrogen) atoms. The van der Waals surface area contributed by atoms with E-state index in [1.807, 2.05) is 22.8 Å². The molecule has 2 heterocycles. The number of rotatable bonds is 5. The fraction of sp³-hybridized carbons (Fsp3) is 0.444. The monoisotopic (exact) mass is 344 g/mol. The van der Waals surface area contributed by atoms with Gasteiger partial charge in [0.1, 0.15) is 0 Å². The summed E-state index contributed by atoms with van der Waals surface area (Å²) in [4.78, 5) is 15.5. The summed E-state index contributed by atoms with van der Waals surface area (Å²) in [6.07, 6.45) is 8.09. The Labute approximate surface area is 147 Å². The number of likely N-dealkylation sites (tertiary alicyclic amines) is 1. The van der Waals surface area contributed by atoms with Gasteiger partial charge in [0.2, 0.25) is 0 Å². The van der Waals surface area contributed by atoms with Gasteiger partial charge in [-0.1, -0.05) is 12.1 Å². The quantitative estimate of drug-likeness (QED) is 0.849. The number of aromatic nitrogens is 2. The molecule has 3 rings (SSSR count). The van der Waals surface area contributed by atoms with E-state index < -0.39 is 0 Å². The first kappa shape index (κ1) is 16.9. The predicted molar refractivity (Wildman–Crippen MR) is 97.1 cm³/mol. The van der Waals surface area contributed by atoms with Crippen molar-refractivity contribution >= 4 is 17.8 Å². The van der Waals surface area contributed by atoms with Crippen molar-refractivity contribution in [3.8, 4) is 0 Å². The second kappa shape index (κ2) is 7.75. The van der Waals surface area contributed by atoms with Crippen LogP contribution in [0.4, 0.5) is 4.79 Å². The fourth-order valence-corrected chi connectivity index (χ4v) is 3.54. The van der Waals surface area contributed by atoms with Crippen LogP contribution in [0.3, 0.4) is 0 Å². The van der Waals surface area contributed by atoms with Crippen molar-refractivity contribution in [2.45, 2.75) is 24.3 Å². The number of benzene rings is 1. The van der Waals surface area contributed by atoms with E-state index >= 15 is 0 Å². The number of aryl methyl sites for hydroxylation is 1. The third kappa shape index (κ3) is 4.32. The van der Waals surface area contributed by atoms with Crippen LogP contribution >= 0.6 is 11.8 Å². The number of urea groups is 1. The summed E-state index contributed by atoms with van der Waals surface area (Å²) in [5.74, 6) is 0.529. The topological polar surface area (TPSA) is 50.2 Å². The van der Waals surface area contributed by atoms with Crippen LogP contribution in [-0.2, 0) is 20.0 Å². The SMILES string of the molecule is CSc1ccc(CNC(=O)N2CC[C@@H](Cc3cnn(C)c3)C2)cc1. The summed E-state index contributed by atoms with van der Waals surface area (Å²) in [6.45, 7) is 2.24. The second-order valence-corrected chi connectivity index (χ2v) is 7.21. The van der Waals surface area contributed by atoms with E-state index in [2.05, 4.69) is 47.1 Å². The number of nitrogens with one attached hydrogen (secondary N) is 1. The van der Waals surface area contributed by atoms with E-state index in [1.165, 1.54) is 10.5 Å². The van der Waals surface area contributed by atoms with E-state index in [9.17, 15) is 4.79 Å². The lowest BCUT2D eigenvalue weighted by Crippen LogP contribution is -2.38. The van der Waals surface area contributed by atoms with E-state index in [1.54, 1.807) is 11.8 Å². The van der Waals surface area contributed by atoms with Crippen molar-refractivity contribution in [2.24, 2.45) is 13.0 Å². The maximum Gasteiger partial charge on any atom is 0.317 e. The molecule has 0 unspecified atom stereocenters. The molecular weight excluding hydrogens is 320 g/mol. The highest BCUT2D eigenvalue weighted by Gasteiger charge is 2.26. The van der Waals surface area contributed by atoms with Crippen molar-refractivity contribution in [1.29, 1.82) is 0 Å². The van der Waals surface area contributed by atoms with E-state index in [0.717, 1.165) is 31.5 Å². The summed E-state index contributed by atoms with van der Waals surface area (Å²) in [5, 5.41) is 7.24. The van der Waals surface area contributed by atoms with Gasteiger partial charge >= 0.3 is 6.03 Å². The van der Waals surface area contributed by atoms with Crippen molar-refractivity contribution in [2.75, 3.05) is 19.3 Å². The van der Waals surface area contributed by atoms with Gasteiger partial charge in [0, 0.05) is 37.8 Å². The zero-order chi connectivity index (χ0) is 16.9. The molecule has 1 N–H and O–H groups in total. The molecule has 0 aliphatic carbocycles. The van der Waals surface area contributed by atoms with Gasteiger partial charge in [-0.2, -0.15) is 5.10 Å². The molecule has 1 aliphatic rings. The summed E-state index contributed by atoms with van der Waals surface area (Å²) >= 11 is 1.72. The Morgan fingerprint density at radius 3 is 2.79 bits per heavy atom. The maximum atomic E-state index is 12.3. The third-order valence-corrected chi connectivity index (χ3v) is 5.20. The highest BCUT2D eigenvalue weighted by Crippen LogP contribution is 2.21. The molecule has 2 aromatic rings. The lowest BCUT2D eigenvalue weighted by Gasteiger charge is -2.17. The maximum absolute atomic E-state index is 12.3. The van der Waals surface area contributed by atoms with E-state index in [0.29, 0.717) is 12.5 Å². The van der Waals surface area contributed by atoms with Crippen LogP contribution in [0.25, 0.3) is 0 Å². The molecule has 0 bridgehead atoms. The standard InChI is InChI=1S/C18H24N4OS/c1-21-12-16(11-20-21)9-15-7-8-22(13-15)18(23)19-10-14-3-5-17(24-2)6-4-14/h3-6,11-12,15H,7-10,13H2,1-2H3,(H,19,23)/t15-/m0/s1. The first-order valence-electron chi connectivity index (χ1n) is 8.27. The van der Waals surface area contributed by atoms with Gasteiger partial charge in [0.05, 0.1) is 6.20 Å². The zero-order valence-electron chi connectivity index (χ0n) is 14.2. The highest BCUT2D eigenvalue weighted by molar-refractivity contribution is 7.98. The molecule has 5 nitrogen and oxygen atoms in total. The molecule has 0 radical (unpaired) electrons. The average molecular weight is 344 g/mol. The molecule has 0 spiro atoms. The molecular formula is C18H24N4OS. The lowest BCUT2D eigenvalue weighted by molar-refractivity contribution is 0.206. The van der Waals surface area contributed by atoms with E-state index in [-0.39, 0.29) is 6.03 Å². The first-order valence-corrected chi connectivity index (χ1v) is 9.50. The number of nitrogens with zero attached hydrogens (tertiary/aromatic N) is 3. The Morgan fingerprint density at radius 2 is 2.12 bits per heavy atom. The Balaban J connectivity index is 1.45. The number of thioether (sulfide) groups is 1. The van der Waals surface area contributed by atoms with Crippen LogP contribution in [0, 0.1) is 5.92 Å². The van der Waals surface area contributed by atoms with Gasteiger partial charge in [-0.15, -0.1) is 11.8 Å². The number of hydrogen-bond donors (Lipinski definition) is 1. The van der Waals surface area contributed by atoms with Crippen LogP contribution < -0.4 is 5.32 Å². The minimum Gasteiger partial charge on any atom is -0.334 e. The molecule has 1 aromatic heterocycles. The molecule has 1 atom stereocenters. The van der Waals surface area contributed by atoms with Crippen molar-refractivity contribution in [1.82, 2.24) is 20.0 Å². The molecule has 1 saturated heterocycles. The van der Waals surface area contributed by atoms with Gasteiger partial charge in [-0.05, 0) is 48.3 Å². The van der Waals surface area contributed by atoms with Gasteiger partial charge in [-0.3, -0.25) is 4.68 Å². The van der Waals surface area contributed by atoms with Crippen LogP contribution in [0.15, 0.2) is 41.6 Å². The molecule has 1 fully saturated rings. The molecule has 6 heteroatoms. The Morgan fingerprint density at radius 1 is 1.33 bits per heavy atom. The van der Waals surface area contributed by atoms with Gasteiger partial charge in [0.25, 0.3) is 0 Å². The van der Waals surface area contributed by atoms with Gasteiger partial charge in [0.15, 0.2) is 0 Å². The molecule has 0 saturated carbocycles. The Bertz CT molecular complexity index is 683. The summed E-state index contributed by atoms with van der Waals surface area (Å²) in [7, 11) is 1.93. The predicted octanol–water partition coefficient (Wildman–Crippen LogP) is 2.92. The largest absolute Gasteiger partial charge is 0.334 e. The highest BCUT2D eigenvalue weighted by atomic mass is 32.2. The van der Waals surface area contributed by atoms with Crippen LogP contribution in [0.2, 0.25) is 0 Å². The number of carbonyl (C=O) groups excluding carboxylic acids is 1. The van der Waals surface area contributed by atoms with Crippen LogP contribution in [0.1, 0.15) is 17.5 Å². The molecule has 2 amide bonds. The van der Waals surface area contributed by atoms with Crippen LogP contribution in [-0.4, -0.2) is 40.1 Å². The van der Waals surface area contributed by atoms with Crippen molar-refractivity contribution in [3.63, 3.8) is 0 Å². The number of hydrogen-bond acceptors (Lipinski definition) is 3. The van der Waals surface area contributed by atoms with Crippen molar-refractivity contribution < 1.29 is 4.79 Å². The minimum absolute atomic E-state index is 0.0395. The van der Waals surface area contributed by atoms with Gasteiger partial charge in [-0.25, -0.2) is 4.79 Å². The normalized spacial score (nSPS) is 17.2. The Kier molecular flexibility index (Phi) is 5.45. The molecule has 1 aliphatic heterocycles. The Hall–Kier alpha value is -1.95. The smallest absolute Gasteiger partial charge is 0.317 e. The fourth-order valence-electron chi connectivity index (χ4n) is 3.13. The minimum atomic E-state index is 0.0395. The van der Waals surface area contributed by atoms with Gasteiger partial charge < -0.3 is 10.2 Å². The number of carbonyl (C=O) groups is 1. The first-order chi connectivity index (χ1) is 11.6. The summed E-state index contributed by atoms with van der Waals surface area (Å²) in [5.41, 5.74) is 2.38. The van der Waals surface area contributed by atoms with Crippen molar-refractivity contribution in [3.05, 3.63) is 47.8 Å². The number of amides is 2. The zero-order valence-corrected chi connectivity index (χ0v) is 15.1. The molecule has 1 aromatic carbocycles. The van der Waals surface area contributed by atoms with E-state index in [4.69, 9.17) is 0 Å². The lowest BCUT2D eigenvalue weighted by atomic mass is 10.0. The summed E-state index contributed by atoms with van der Waals surface area (Å²) < 4.78 is 1.83.